The zero-order valence-electron chi connectivity index (χ0n) is 12.9. The summed E-state index contributed by atoms with van der Waals surface area (Å²) in [5, 5.41) is 2.87. The van der Waals surface area contributed by atoms with Gasteiger partial charge >= 0.3 is 0 Å². The maximum atomic E-state index is 11.5. The molecule has 22 heavy (non-hydrogen) atoms. The molecule has 116 valence electrons. The molecule has 0 aliphatic heterocycles. The minimum absolute atomic E-state index is 0.0189. The second-order valence-electron chi connectivity index (χ2n) is 5.03. The number of rotatable bonds is 7. The van der Waals surface area contributed by atoms with Crippen molar-refractivity contribution in [3.05, 3.63) is 58.6 Å². The number of ether oxygens (including phenoxy) is 1. The van der Waals surface area contributed by atoms with Crippen LogP contribution in [-0.2, 0) is 17.9 Å². The van der Waals surface area contributed by atoms with Gasteiger partial charge in [0, 0.05) is 18.8 Å². The molecule has 1 heterocycles. The number of carbonyl (C=O) groups is 1. The summed E-state index contributed by atoms with van der Waals surface area (Å²) < 4.78 is 5.74. The fourth-order valence-corrected chi connectivity index (χ4v) is 2.69. The molecule has 1 amide bonds. The van der Waals surface area contributed by atoms with Gasteiger partial charge in [0.15, 0.2) is 0 Å². The standard InChI is InChI=1S/C17H20N2O2S/c1-4-8-19(14(3)20)10-15-12-22-17(18-15)11-21-16-7-5-6-13(2)9-16/h4-7,9,12H,1,8,10-11H2,2-3H3. The fraction of sp³-hybridized carbons (Fsp3) is 0.294. The van der Waals surface area contributed by atoms with E-state index in [0.29, 0.717) is 19.7 Å². The molecule has 1 aromatic carbocycles. The Balaban J connectivity index is 1.93. The van der Waals surface area contributed by atoms with Crippen LogP contribution in [0.25, 0.3) is 0 Å². The monoisotopic (exact) mass is 316 g/mol. The maximum Gasteiger partial charge on any atom is 0.220 e. The summed E-state index contributed by atoms with van der Waals surface area (Å²) in [5.74, 6) is 0.860. The number of carbonyl (C=O) groups excluding carboxylic acids is 1. The first-order chi connectivity index (χ1) is 10.6. The first kappa shape index (κ1) is 16.2. The lowest BCUT2D eigenvalue weighted by Gasteiger charge is -2.17. The van der Waals surface area contributed by atoms with E-state index >= 15 is 0 Å². The molecule has 0 radical (unpaired) electrons. The van der Waals surface area contributed by atoms with E-state index in [1.807, 2.05) is 36.6 Å². The van der Waals surface area contributed by atoms with Gasteiger partial charge in [-0.15, -0.1) is 17.9 Å². The van der Waals surface area contributed by atoms with E-state index in [2.05, 4.69) is 11.6 Å². The van der Waals surface area contributed by atoms with Gasteiger partial charge in [-0.1, -0.05) is 18.2 Å². The van der Waals surface area contributed by atoms with Gasteiger partial charge in [-0.3, -0.25) is 4.79 Å². The summed E-state index contributed by atoms with van der Waals surface area (Å²) in [4.78, 5) is 17.7. The van der Waals surface area contributed by atoms with E-state index in [0.717, 1.165) is 16.5 Å². The van der Waals surface area contributed by atoms with Gasteiger partial charge in [0.05, 0.1) is 12.2 Å². The SMILES string of the molecule is C=CCN(Cc1csc(COc2cccc(C)c2)n1)C(C)=O. The molecule has 5 heteroatoms. The predicted molar refractivity (Wildman–Crippen MR) is 88.9 cm³/mol. The Kier molecular flexibility index (Phi) is 5.72. The second-order valence-corrected chi connectivity index (χ2v) is 5.97. The Morgan fingerprint density at radius 3 is 3.00 bits per heavy atom. The van der Waals surface area contributed by atoms with Crippen LogP contribution in [0.4, 0.5) is 0 Å². The smallest absolute Gasteiger partial charge is 0.220 e. The van der Waals surface area contributed by atoms with E-state index in [-0.39, 0.29) is 5.91 Å². The van der Waals surface area contributed by atoms with Gasteiger partial charge < -0.3 is 9.64 Å². The quantitative estimate of drug-likeness (QED) is 0.733. The number of benzene rings is 1. The van der Waals surface area contributed by atoms with Crippen molar-refractivity contribution in [1.29, 1.82) is 0 Å². The van der Waals surface area contributed by atoms with Gasteiger partial charge in [-0.2, -0.15) is 0 Å². The van der Waals surface area contributed by atoms with Crippen LogP contribution in [0.1, 0.15) is 23.2 Å². The Morgan fingerprint density at radius 2 is 2.32 bits per heavy atom. The summed E-state index contributed by atoms with van der Waals surface area (Å²) in [5.41, 5.74) is 2.05. The molecule has 1 aromatic heterocycles. The fourth-order valence-electron chi connectivity index (χ4n) is 1.99. The van der Waals surface area contributed by atoms with Crippen molar-refractivity contribution in [2.24, 2.45) is 0 Å². The first-order valence-corrected chi connectivity index (χ1v) is 7.95. The summed E-state index contributed by atoms with van der Waals surface area (Å²) in [6.45, 7) is 8.73. The van der Waals surface area contributed by atoms with Crippen LogP contribution in [0.2, 0.25) is 0 Å². The molecule has 4 nitrogen and oxygen atoms in total. The third-order valence-electron chi connectivity index (χ3n) is 3.10. The van der Waals surface area contributed by atoms with Crippen LogP contribution < -0.4 is 4.74 Å². The lowest BCUT2D eigenvalue weighted by atomic mass is 10.2. The van der Waals surface area contributed by atoms with Crippen molar-refractivity contribution in [2.75, 3.05) is 6.54 Å². The molecule has 0 fully saturated rings. The van der Waals surface area contributed by atoms with Crippen LogP contribution >= 0.6 is 11.3 Å². The summed E-state index contributed by atoms with van der Waals surface area (Å²) >= 11 is 1.54. The van der Waals surface area contributed by atoms with Crippen LogP contribution in [0.15, 0.2) is 42.3 Å². The van der Waals surface area contributed by atoms with Crippen molar-refractivity contribution in [1.82, 2.24) is 9.88 Å². The zero-order valence-corrected chi connectivity index (χ0v) is 13.7. The van der Waals surface area contributed by atoms with Gasteiger partial charge in [0.2, 0.25) is 5.91 Å². The molecule has 0 saturated heterocycles. The Hall–Kier alpha value is -2.14. The van der Waals surface area contributed by atoms with Crippen LogP contribution in [0, 0.1) is 6.92 Å². The Bertz CT molecular complexity index is 652. The molecular formula is C17H20N2O2S. The lowest BCUT2D eigenvalue weighted by molar-refractivity contribution is -0.128. The topological polar surface area (TPSA) is 42.4 Å². The number of aryl methyl sites for hydroxylation is 1. The van der Waals surface area contributed by atoms with E-state index in [4.69, 9.17) is 4.74 Å². The number of nitrogens with zero attached hydrogens (tertiary/aromatic N) is 2. The third kappa shape index (κ3) is 4.70. The predicted octanol–water partition coefficient (Wildman–Crippen LogP) is 3.57. The van der Waals surface area contributed by atoms with Crippen LogP contribution in [-0.4, -0.2) is 22.3 Å². The normalized spacial score (nSPS) is 10.3. The Labute approximate surface area is 135 Å². The van der Waals surface area contributed by atoms with Crippen molar-refractivity contribution in [3.8, 4) is 5.75 Å². The van der Waals surface area contributed by atoms with Crippen molar-refractivity contribution in [2.45, 2.75) is 27.0 Å². The molecular weight excluding hydrogens is 296 g/mol. The molecule has 0 aliphatic rings. The summed E-state index contributed by atoms with van der Waals surface area (Å²) in [6.07, 6.45) is 1.72. The van der Waals surface area contributed by atoms with Crippen molar-refractivity contribution in [3.63, 3.8) is 0 Å². The maximum absolute atomic E-state index is 11.5. The molecule has 2 rings (SSSR count). The molecule has 2 aromatic rings. The van der Waals surface area contributed by atoms with Crippen LogP contribution in [0.3, 0.4) is 0 Å². The largest absolute Gasteiger partial charge is 0.486 e. The van der Waals surface area contributed by atoms with Gasteiger partial charge in [-0.05, 0) is 24.6 Å². The molecule has 0 bridgehead atoms. The van der Waals surface area contributed by atoms with Crippen molar-refractivity contribution >= 4 is 17.2 Å². The van der Waals surface area contributed by atoms with Crippen LogP contribution in [0.5, 0.6) is 5.75 Å². The van der Waals surface area contributed by atoms with E-state index in [1.165, 1.54) is 5.56 Å². The highest BCUT2D eigenvalue weighted by molar-refractivity contribution is 7.09. The average molecular weight is 316 g/mol. The second kappa shape index (κ2) is 7.75. The Morgan fingerprint density at radius 1 is 1.50 bits per heavy atom. The molecule has 0 unspecified atom stereocenters. The van der Waals surface area contributed by atoms with Gasteiger partial charge in [0.25, 0.3) is 0 Å². The van der Waals surface area contributed by atoms with E-state index in [1.54, 1.807) is 29.2 Å². The number of hydrogen-bond acceptors (Lipinski definition) is 4. The minimum atomic E-state index is 0.0189. The average Bonchev–Trinajstić information content (AvgIpc) is 2.92. The van der Waals surface area contributed by atoms with Crippen molar-refractivity contribution < 1.29 is 9.53 Å². The zero-order chi connectivity index (χ0) is 15.9. The molecule has 0 saturated carbocycles. The van der Waals surface area contributed by atoms with E-state index in [9.17, 15) is 4.79 Å². The number of thiazole rings is 1. The minimum Gasteiger partial charge on any atom is -0.486 e. The number of amides is 1. The highest BCUT2D eigenvalue weighted by Crippen LogP contribution is 2.17. The van der Waals surface area contributed by atoms with E-state index < -0.39 is 0 Å². The summed E-state index contributed by atoms with van der Waals surface area (Å²) in [7, 11) is 0. The summed E-state index contributed by atoms with van der Waals surface area (Å²) in [6, 6.07) is 7.93. The highest BCUT2D eigenvalue weighted by Gasteiger charge is 2.10. The molecule has 0 N–H and O–H groups in total. The lowest BCUT2D eigenvalue weighted by Crippen LogP contribution is -2.28. The molecule has 0 atom stereocenters. The number of aromatic nitrogens is 1. The van der Waals surface area contributed by atoms with Gasteiger partial charge in [-0.25, -0.2) is 4.98 Å². The molecule has 0 spiro atoms. The first-order valence-electron chi connectivity index (χ1n) is 7.07. The third-order valence-corrected chi connectivity index (χ3v) is 3.97. The molecule has 0 aliphatic carbocycles. The van der Waals surface area contributed by atoms with Gasteiger partial charge in [0.1, 0.15) is 17.4 Å². The number of hydrogen-bond donors (Lipinski definition) is 0. The highest BCUT2D eigenvalue weighted by atomic mass is 32.1.